The number of amides is 1. The van der Waals surface area contributed by atoms with Crippen LogP contribution >= 0.6 is 0 Å². The number of nitrogens with one attached hydrogen (secondary N) is 1. The van der Waals surface area contributed by atoms with Crippen molar-refractivity contribution in [2.24, 2.45) is 5.92 Å². The van der Waals surface area contributed by atoms with Crippen molar-refractivity contribution < 1.29 is 9.21 Å². The fourth-order valence-electron chi connectivity index (χ4n) is 3.49. The van der Waals surface area contributed by atoms with Crippen LogP contribution < -0.4 is 15.8 Å². The summed E-state index contributed by atoms with van der Waals surface area (Å²) in [5, 5.41) is 7.27. The van der Waals surface area contributed by atoms with Gasteiger partial charge in [0.15, 0.2) is 17.8 Å². The van der Waals surface area contributed by atoms with Crippen LogP contribution in [0.3, 0.4) is 0 Å². The lowest BCUT2D eigenvalue weighted by molar-refractivity contribution is -0.117. The molecule has 1 amide bonds. The highest BCUT2D eigenvalue weighted by molar-refractivity contribution is 5.92. The van der Waals surface area contributed by atoms with Crippen LogP contribution in [-0.4, -0.2) is 33.8 Å². The summed E-state index contributed by atoms with van der Waals surface area (Å²) in [5.41, 5.74) is 2.46. The van der Waals surface area contributed by atoms with Crippen LogP contribution in [0.5, 0.6) is 0 Å². The standard InChI is InChI=1S/C20H23N5O3/c1-13-5-7-24(8-6-13)20-14(2)9-19(27)25(23-20)11-18(26)22-15-3-4-17-16(10-15)21-12-28-17/h3-4,9-10,12-13H,5-8,11H2,1-2H3,(H,22,26). The van der Waals surface area contributed by atoms with Crippen LogP contribution in [-0.2, 0) is 11.3 Å². The van der Waals surface area contributed by atoms with Crippen LogP contribution in [0.15, 0.2) is 39.9 Å². The number of aromatic nitrogens is 3. The zero-order valence-electron chi connectivity index (χ0n) is 16.0. The van der Waals surface area contributed by atoms with Gasteiger partial charge in [0.1, 0.15) is 12.1 Å². The molecule has 4 rings (SSSR count). The fourth-order valence-corrected chi connectivity index (χ4v) is 3.49. The first-order valence-electron chi connectivity index (χ1n) is 9.46. The highest BCUT2D eigenvalue weighted by atomic mass is 16.3. The van der Waals surface area contributed by atoms with E-state index in [0.717, 1.165) is 37.3 Å². The van der Waals surface area contributed by atoms with Crippen molar-refractivity contribution in [3.63, 3.8) is 0 Å². The summed E-state index contributed by atoms with van der Waals surface area (Å²) >= 11 is 0. The normalized spacial score (nSPS) is 15.1. The second kappa shape index (κ2) is 7.46. The number of carbonyl (C=O) groups excluding carboxylic acids is 1. The predicted molar refractivity (Wildman–Crippen MR) is 106 cm³/mol. The van der Waals surface area contributed by atoms with Gasteiger partial charge in [-0.2, -0.15) is 5.10 Å². The Morgan fingerprint density at radius 3 is 2.86 bits per heavy atom. The molecule has 0 bridgehead atoms. The second-order valence-electron chi connectivity index (χ2n) is 7.40. The lowest BCUT2D eigenvalue weighted by atomic mass is 9.99. The molecule has 0 atom stereocenters. The first-order chi connectivity index (χ1) is 13.5. The molecular weight excluding hydrogens is 358 g/mol. The minimum Gasteiger partial charge on any atom is -0.443 e. The summed E-state index contributed by atoms with van der Waals surface area (Å²) in [4.78, 5) is 31.1. The summed E-state index contributed by atoms with van der Waals surface area (Å²) < 4.78 is 6.42. The minimum absolute atomic E-state index is 0.146. The Kier molecular flexibility index (Phi) is 4.85. The smallest absolute Gasteiger partial charge is 0.267 e. The number of benzene rings is 1. The Morgan fingerprint density at radius 2 is 2.07 bits per heavy atom. The minimum atomic E-state index is -0.320. The third-order valence-corrected chi connectivity index (χ3v) is 5.15. The molecule has 3 aromatic rings. The van der Waals surface area contributed by atoms with Crippen molar-refractivity contribution in [2.45, 2.75) is 33.2 Å². The topological polar surface area (TPSA) is 93.3 Å². The average Bonchev–Trinajstić information content (AvgIpc) is 3.12. The van der Waals surface area contributed by atoms with E-state index in [1.54, 1.807) is 24.3 Å². The molecule has 1 aliphatic heterocycles. The van der Waals surface area contributed by atoms with Crippen molar-refractivity contribution in [3.05, 3.63) is 46.6 Å². The van der Waals surface area contributed by atoms with Gasteiger partial charge in [0.25, 0.3) is 5.56 Å². The SMILES string of the molecule is Cc1cc(=O)n(CC(=O)Nc2ccc3ocnc3c2)nc1N1CCC(C)CC1. The van der Waals surface area contributed by atoms with Crippen LogP contribution in [0.25, 0.3) is 11.1 Å². The Labute approximate surface area is 162 Å². The fraction of sp³-hybridized carbons (Fsp3) is 0.400. The predicted octanol–water partition coefficient (Wildman–Crippen LogP) is 2.57. The molecule has 0 radical (unpaired) electrons. The van der Waals surface area contributed by atoms with Gasteiger partial charge >= 0.3 is 0 Å². The van der Waals surface area contributed by atoms with E-state index in [1.165, 1.54) is 11.1 Å². The lowest BCUT2D eigenvalue weighted by Gasteiger charge is -2.32. The molecule has 1 fully saturated rings. The maximum absolute atomic E-state index is 12.5. The number of rotatable bonds is 4. The number of anilines is 2. The molecule has 1 aliphatic rings. The van der Waals surface area contributed by atoms with E-state index >= 15 is 0 Å². The van der Waals surface area contributed by atoms with E-state index in [2.05, 4.69) is 27.2 Å². The number of aryl methyl sites for hydroxylation is 1. The average molecular weight is 381 g/mol. The number of hydrogen-bond donors (Lipinski definition) is 1. The van der Waals surface area contributed by atoms with Gasteiger partial charge in [0.05, 0.1) is 0 Å². The maximum Gasteiger partial charge on any atom is 0.267 e. The molecular formula is C20H23N5O3. The van der Waals surface area contributed by atoms with E-state index in [4.69, 9.17) is 4.42 Å². The molecule has 1 aromatic carbocycles. The van der Waals surface area contributed by atoms with E-state index in [1.807, 2.05) is 6.92 Å². The molecule has 3 heterocycles. The van der Waals surface area contributed by atoms with Crippen LogP contribution in [0.1, 0.15) is 25.3 Å². The molecule has 0 saturated carbocycles. The molecule has 0 spiro atoms. The molecule has 1 N–H and O–H groups in total. The van der Waals surface area contributed by atoms with Crippen molar-refractivity contribution in [2.75, 3.05) is 23.3 Å². The van der Waals surface area contributed by atoms with Crippen molar-refractivity contribution in [1.82, 2.24) is 14.8 Å². The Balaban J connectivity index is 1.50. The van der Waals surface area contributed by atoms with Gasteiger partial charge in [0.2, 0.25) is 5.91 Å². The number of carbonyl (C=O) groups is 1. The largest absolute Gasteiger partial charge is 0.443 e. The maximum atomic E-state index is 12.5. The van der Waals surface area contributed by atoms with E-state index in [9.17, 15) is 9.59 Å². The zero-order chi connectivity index (χ0) is 19.7. The Morgan fingerprint density at radius 1 is 1.29 bits per heavy atom. The van der Waals surface area contributed by atoms with Crippen molar-refractivity contribution >= 4 is 28.5 Å². The summed E-state index contributed by atoms with van der Waals surface area (Å²) in [6.07, 6.45) is 3.56. The second-order valence-corrected chi connectivity index (χ2v) is 7.40. The van der Waals surface area contributed by atoms with Gasteiger partial charge in [-0.15, -0.1) is 0 Å². The number of oxazole rings is 1. The van der Waals surface area contributed by atoms with Gasteiger partial charge in [-0.05, 0) is 49.4 Å². The van der Waals surface area contributed by atoms with Gasteiger partial charge < -0.3 is 14.6 Å². The third-order valence-electron chi connectivity index (χ3n) is 5.15. The molecule has 146 valence electrons. The summed E-state index contributed by atoms with van der Waals surface area (Å²) in [6, 6.07) is 6.75. The molecule has 0 aliphatic carbocycles. The molecule has 0 unspecified atom stereocenters. The number of fused-ring (bicyclic) bond motifs is 1. The quantitative estimate of drug-likeness (QED) is 0.747. The van der Waals surface area contributed by atoms with Crippen LogP contribution in [0.2, 0.25) is 0 Å². The van der Waals surface area contributed by atoms with Crippen molar-refractivity contribution in [3.8, 4) is 0 Å². The highest BCUT2D eigenvalue weighted by Gasteiger charge is 2.20. The van der Waals surface area contributed by atoms with Gasteiger partial charge in [-0.3, -0.25) is 9.59 Å². The van der Waals surface area contributed by atoms with Crippen molar-refractivity contribution in [1.29, 1.82) is 0 Å². The van der Waals surface area contributed by atoms with E-state index in [0.29, 0.717) is 22.7 Å². The number of hydrogen-bond acceptors (Lipinski definition) is 6. The van der Waals surface area contributed by atoms with Crippen LogP contribution in [0.4, 0.5) is 11.5 Å². The molecule has 8 heteroatoms. The Hall–Kier alpha value is -3.16. The molecule has 8 nitrogen and oxygen atoms in total. The third kappa shape index (κ3) is 3.76. The van der Waals surface area contributed by atoms with Gasteiger partial charge in [-0.1, -0.05) is 6.92 Å². The van der Waals surface area contributed by atoms with Gasteiger partial charge in [-0.25, -0.2) is 9.67 Å². The van der Waals surface area contributed by atoms with E-state index < -0.39 is 0 Å². The summed E-state index contributed by atoms with van der Waals surface area (Å²) in [5.74, 6) is 1.16. The monoisotopic (exact) mass is 381 g/mol. The number of nitrogens with zero attached hydrogens (tertiary/aromatic N) is 4. The van der Waals surface area contributed by atoms with Crippen LogP contribution in [0, 0.1) is 12.8 Å². The molecule has 2 aromatic heterocycles. The summed E-state index contributed by atoms with van der Waals surface area (Å²) in [7, 11) is 0. The number of piperidine rings is 1. The zero-order valence-corrected chi connectivity index (χ0v) is 16.0. The summed E-state index contributed by atoms with van der Waals surface area (Å²) in [6.45, 7) is 5.82. The first-order valence-corrected chi connectivity index (χ1v) is 9.46. The highest BCUT2D eigenvalue weighted by Crippen LogP contribution is 2.23. The Bertz CT molecular complexity index is 1060. The molecule has 28 heavy (non-hydrogen) atoms. The van der Waals surface area contributed by atoms with Gasteiger partial charge in [0, 0.05) is 24.8 Å². The van der Waals surface area contributed by atoms with E-state index in [-0.39, 0.29) is 18.0 Å². The lowest BCUT2D eigenvalue weighted by Crippen LogP contribution is -2.37. The first kappa shape index (κ1) is 18.2. The molecule has 1 saturated heterocycles.